The molecule has 1 rings (SSSR count). The maximum Gasteiger partial charge on any atom is 0.242 e. The van der Waals surface area contributed by atoms with Gasteiger partial charge in [0.1, 0.15) is 5.25 Å². The van der Waals surface area contributed by atoms with E-state index >= 15 is 0 Å². The van der Waals surface area contributed by atoms with Crippen molar-refractivity contribution in [3.05, 3.63) is 23.8 Å². The minimum Gasteiger partial charge on any atom is -0.325 e. The highest BCUT2D eigenvalue weighted by molar-refractivity contribution is 7.92. The van der Waals surface area contributed by atoms with E-state index in [4.69, 9.17) is 5.14 Å². The van der Waals surface area contributed by atoms with Gasteiger partial charge in [-0.3, -0.25) is 4.79 Å². The van der Waals surface area contributed by atoms with E-state index in [2.05, 4.69) is 5.32 Å². The highest BCUT2D eigenvalue weighted by Gasteiger charge is 2.24. The second-order valence-electron chi connectivity index (χ2n) is 4.48. The SMILES string of the molecule is Cc1ccc(S(N)(=O)=O)cc1NC(=O)C(C)S(C)(=O)=O. The van der Waals surface area contributed by atoms with Gasteiger partial charge < -0.3 is 5.32 Å². The number of hydrogen-bond donors (Lipinski definition) is 2. The molecule has 0 aliphatic rings. The summed E-state index contributed by atoms with van der Waals surface area (Å²) in [6, 6.07) is 3.97. The lowest BCUT2D eigenvalue weighted by Gasteiger charge is -2.13. The first-order chi connectivity index (χ1) is 8.93. The maximum absolute atomic E-state index is 11.8. The Kier molecular flexibility index (Phi) is 4.57. The van der Waals surface area contributed by atoms with Crippen molar-refractivity contribution >= 4 is 31.5 Å². The molecular weight excluding hydrogens is 304 g/mol. The zero-order valence-corrected chi connectivity index (χ0v) is 12.9. The molecular formula is C11H16N2O5S2. The highest BCUT2D eigenvalue weighted by atomic mass is 32.2. The fraction of sp³-hybridized carbons (Fsp3) is 0.364. The van der Waals surface area contributed by atoms with Crippen molar-refractivity contribution in [3.8, 4) is 0 Å². The topological polar surface area (TPSA) is 123 Å². The maximum atomic E-state index is 11.8. The third-order valence-electron chi connectivity index (χ3n) is 2.81. The van der Waals surface area contributed by atoms with E-state index in [0.717, 1.165) is 6.26 Å². The van der Waals surface area contributed by atoms with Gasteiger partial charge >= 0.3 is 0 Å². The van der Waals surface area contributed by atoms with Gasteiger partial charge in [0.25, 0.3) is 0 Å². The van der Waals surface area contributed by atoms with Crippen LogP contribution in [0, 0.1) is 6.92 Å². The lowest BCUT2D eigenvalue weighted by atomic mass is 10.2. The lowest BCUT2D eigenvalue weighted by Crippen LogP contribution is -2.32. The van der Waals surface area contributed by atoms with Gasteiger partial charge in [-0.05, 0) is 31.5 Å². The first kappa shape index (κ1) is 16.6. The van der Waals surface area contributed by atoms with Crippen LogP contribution in [0.3, 0.4) is 0 Å². The number of aryl methyl sites for hydroxylation is 1. The first-order valence-electron chi connectivity index (χ1n) is 5.56. The van der Waals surface area contributed by atoms with Gasteiger partial charge in [-0.25, -0.2) is 22.0 Å². The molecule has 1 aromatic carbocycles. The number of amides is 1. The predicted octanol–water partition coefficient (Wildman–Crippen LogP) is 0.0140. The van der Waals surface area contributed by atoms with Crippen molar-refractivity contribution in [1.82, 2.24) is 0 Å². The summed E-state index contributed by atoms with van der Waals surface area (Å²) in [5, 5.41) is 6.15. The number of anilines is 1. The van der Waals surface area contributed by atoms with E-state index in [9.17, 15) is 21.6 Å². The van der Waals surface area contributed by atoms with Crippen molar-refractivity contribution in [2.45, 2.75) is 24.0 Å². The van der Waals surface area contributed by atoms with Gasteiger partial charge in [-0.1, -0.05) is 6.07 Å². The molecule has 0 aliphatic heterocycles. The summed E-state index contributed by atoms with van der Waals surface area (Å²) in [4.78, 5) is 11.6. The van der Waals surface area contributed by atoms with Gasteiger partial charge in [0.05, 0.1) is 4.90 Å². The van der Waals surface area contributed by atoms with Gasteiger partial charge in [0.15, 0.2) is 9.84 Å². The predicted molar refractivity (Wildman–Crippen MR) is 75.5 cm³/mol. The fourth-order valence-electron chi connectivity index (χ4n) is 1.34. The van der Waals surface area contributed by atoms with Gasteiger partial charge in [-0.15, -0.1) is 0 Å². The van der Waals surface area contributed by atoms with E-state index in [0.29, 0.717) is 5.56 Å². The molecule has 3 N–H and O–H groups in total. The van der Waals surface area contributed by atoms with E-state index in [1.54, 1.807) is 6.92 Å². The summed E-state index contributed by atoms with van der Waals surface area (Å²) in [7, 11) is -7.42. The van der Waals surface area contributed by atoms with Gasteiger partial charge in [0, 0.05) is 11.9 Å². The molecule has 0 saturated carbocycles. The Morgan fingerprint density at radius 1 is 1.25 bits per heavy atom. The summed E-state index contributed by atoms with van der Waals surface area (Å²) >= 11 is 0. The molecule has 0 heterocycles. The number of rotatable bonds is 4. The summed E-state index contributed by atoms with van der Waals surface area (Å²) < 4.78 is 45.1. The minimum atomic E-state index is -3.90. The molecule has 1 amide bonds. The first-order valence-corrected chi connectivity index (χ1v) is 9.06. The van der Waals surface area contributed by atoms with Gasteiger partial charge in [0.2, 0.25) is 15.9 Å². The zero-order chi connectivity index (χ0) is 15.7. The molecule has 1 aromatic rings. The number of benzene rings is 1. The molecule has 7 nitrogen and oxygen atoms in total. The second kappa shape index (κ2) is 5.51. The molecule has 0 fully saturated rings. The molecule has 112 valence electrons. The average molecular weight is 320 g/mol. The molecule has 0 saturated heterocycles. The Bertz CT molecular complexity index is 738. The minimum absolute atomic E-state index is 0.162. The normalized spacial score (nSPS) is 13.8. The lowest BCUT2D eigenvalue weighted by molar-refractivity contribution is -0.115. The molecule has 20 heavy (non-hydrogen) atoms. The molecule has 0 aromatic heterocycles. The van der Waals surface area contributed by atoms with Crippen molar-refractivity contribution in [3.63, 3.8) is 0 Å². The van der Waals surface area contributed by atoms with Crippen molar-refractivity contribution in [1.29, 1.82) is 0 Å². The third-order valence-corrected chi connectivity index (χ3v) is 5.22. The van der Waals surface area contributed by atoms with E-state index in [1.165, 1.54) is 25.1 Å². The Morgan fingerprint density at radius 3 is 2.25 bits per heavy atom. The van der Waals surface area contributed by atoms with Crippen LogP contribution >= 0.6 is 0 Å². The number of nitrogens with one attached hydrogen (secondary N) is 1. The molecule has 1 atom stereocenters. The molecule has 0 aliphatic carbocycles. The summed E-state index contributed by atoms with van der Waals surface area (Å²) in [6.45, 7) is 2.90. The monoisotopic (exact) mass is 320 g/mol. The van der Waals surface area contributed by atoms with E-state index in [1.807, 2.05) is 0 Å². The number of hydrogen-bond acceptors (Lipinski definition) is 5. The smallest absolute Gasteiger partial charge is 0.242 e. The number of carbonyl (C=O) groups excluding carboxylic acids is 1. The number of sulfonamides is 1. The summed E-state index contributed by atoms with van der Waals surface area (Å²) in [5.74, 6) is -0.734. The Hall–Kier alpha value is -1.45. The number of carbonyl (C=O) groups is 1. The van der Waals surface area contributed by atoms with Crippen LogP contribution in [0.15, 0.2) is 23.1 Å². The van der Waals surface area contributed by atoms with Crippen molar-refractivity contribution in [2.24, 2.45) is 5.14 Å². The Morgan fingerprint density at radius 2 is 1.80 bits per heavy atom. The van der Waals surface area contributed by atoms with Crippen LogP contribution in [0.1, 0.15) is 12.5 Å². The molecule has 0 bridgehead atoms. The van der Waals surface area contributed by atoms with Crippen molar-refractivity contribution < 1.29 is 21.6 Å². The Labute approximate surface area is 118 Å². The fourth-order valence-corrected chi connectivity index (χ4v) is 2.33. The van der Waals surface area contributed by atoms with Crippen LogP contribution in [-0.4, -0.2) is 34.2 Å². The van der Waals surface area contributed by atoms with Crippen LogP contribution in [-0.2, 0) is 24.7 Å². The van der Waals surface area contributed by atoms with Gasteiger partial charge in [-0.2, -0.15) is 0 Å². The molecule has 0 spiro atoms. The Balaban J connectivity index is 3.13. The molecule has 9 heteroatoms. The highest BCUT2D eigenvalue weighted by Crippen LogP contribution is 2.20. The van der Waals surface area contributed by atoms with Crippen LogP contribution < -0.4 is 10.5 Å². The zero-order valence-electron chi connectivity index (χ0n) is 11.2. The quantitative estimate of drug-likeness (QED) is 0.809. The van der Waals surface area contributed by atoms with Crippen LogP contribution in [0.4, 0.5) is 5.69 Å². The van der Waals surface area contributed by atoms with Crippen LogP contribution in [0.5, 0.6) is 0 Å². The van der Waals surface area contributed by atoms with Crippen LogP contribution in [0.25, 0.3) is 0 Å². The van der Waals surface area contributed by atoms with E-state index < -0.39 is 31.0 Å². The average Bonchev–Trinajstić information content (AvgIpc) is 2.28. The second-order valence-corrected chi connectivity index (χ2v) is 8.41. The molecule has 1 unspecified atom stereocenters. The molecule has 0 radical (unpaired) electrons. The summed E-state index contributed by atoms with van der Waals surface area (Å²) in [6.07, 6.45) is 0.949. The standard InChI is InChI=1S/C11H16N2O5S2/c1-7-4-5-9(20(12,17)18)6-10(7)13-11(14)8(2)19(3,15)16/h4-6,8H,1-3H3,(H,13,14)(H2,12,17,18). The van der Waals surface area contributed by atoms with E-state index in [-0.39, 0.29) is 10.6 Å². The summed E-state index contributed by atoms with van der Waals surface area (Å²) in [5.41, 5.74) is 0.795. The van der Waals surface area contributed by atoms with Crippen molar-refractivity contribution in [2.75, 3.05) is 11.6 Å². The largest absolute Gasteiger partial charge is 0.325 e. The number of primary sulfonamides is 1. The van der Waals surface area contributed by atoms with Crippen LogP contribution in [0.2, 0.25) is 0 Å². The number of nitrogens with two attached hydrogens (primary N) is 1. The number of sulfone groups is 1. The third kappa shape index (κ3) is 4.02.